The molecule has 0 amide bonds. The SMILES string of the molecule is CCCC(=O)C(CC(=O)c1cccs1)c1ccccc1. The first-order valence-corrected chi connectivity index (χ1v) is 7.74. The van der Waals surface area contributed by atoms with Gasteiger partial charge in [0.05, 0.1) is 4.88 Å². The molecule has 1 aromatic carbocycles. The Bertz CT molecular complexity index is 558. The van der Waals surface area contributed by atoms with Crippen LogP contribution < -0.4 is 0 Å². The second kappa shape index (κ2) is 7.15. The lowest BCUT2D eigenvalue weighted by Crippen LogP contribution is -2.16. The fourth-order valence-corrected chi connectivity index (χ4v) is 2.92. The predicted octanol–water partition coefficient (Wildman–Crippen LogP) is 4.47. The molecular weight excluding hydrogens is 268 g/mol. The van der Waals surface area contributed by atoms with Crippen molar-refractivity contribution in [1.29, 1.82) is 0 Å². The van der Waals surface area contributed by atoms with Gasteiger partial charge in [-0.3, -0.25) is 9.59 Å². The Morgan fingerprint density at radius 2 is 1.85 bits per heavy atom. The number of ketones is 2. The summed E-state index contributed by atoms with van der Waals surface area (Å²) in [4.78, 5) is 25.3. The highest BCUT2D eigenvalue weighted by atomic mass is 32.1. The van der Waals surface area contributed by atoms with Gasteiger partial charge in [0, 0.05) is 18.8 Å². The summed E-state index contributed by atoms with van der Waals surface area (Å²) in [6, 6.07) is 13.3. The van der Waals surface area contributed by atoms with Gasteiger partial charge < -0.3 is 0 Å². The zero-order valence-corrected chi connectivity index (χ0v) is 12.4. The molecule has 3 heteroatoms. The van der Waals surface area contributed by atoms with Crippen molar-refractivity contribution in [2.75, 3.05) is 0 Å². The molecule has 0 aliphatic rings. The maximum absolute atomic E-state index is 12.3. The van der Waals surface area contributed by atoms with Crippen LogP contribution in [0.15, 0.2) is 47.8 Å². The average molecular weight is 286 g/mol. The largest absolute Gasteiger partial charge is 0.299 e. The Balaban J connectivity index is 2.19. The summed E-state index contributed by atoms with van der Waals surface area (Å²) in [5.74, 6) is -0.104. The van der Waals surface area contributed by atoms with Crippen molar-refractivity contribution in [3.63, 3.8) is 0 Å². The van der Waals surface area contributed by atoms with Crippen LogP contribution in [0.25, 0.3) is 0 Å². The molecule has 0 bridgehead atoms. The molecule has 2 aromatic rings. The van der Waals surface area contributed by atoms with E-state index >= 15 is 0 Å². The summed E-state index contributed by atoms with van der Waals surface area (Å²) in [5, 5.41) is 1.89. The summed E-state index contributed by atoms with van der Waals surface area (Å²) in [5.41, 5.74) is 0.941. The summed E-state index contributed by atoms with van der Waals surface area (Å²) >= 11 is 1.43. The molecule has 1 heterocycles. The number of hydrogen-bond acceptors (Lipinski definition) is 3. The van der Waals surface area contributed by atoms with Crippen LogP contribution in [-0.2, 0) is 4.79 Å². The maximum atomic E-state index is 12.3. The van der Waals surface area contributed by atoms with E-state index in [1.807, 2.05) is 54.8 Å². The Kier molecular flexibility index (Phi) is 5.24. The third-order valence-electron chi connectivity index (χ3n) is 3.27. The molecule has 2 nitrogen and oxygen atoms in total. The van der Waals surface area contributed by atoms with Crippen LogP contribution in [-0.4, -0.2) is 11.6 Å². The zero-order chi connectivity index (χ0) is 14.4. The molecule has 1 aromatic heterocycles. The molecule has 0 spiro atoms. The van der Waals surface area contributed by atoms with Crippen LogP contribution in [0, 0.1) is 0 Å². The van der Waals surface area contributed by atoms with Gasteiger partial charge in [-0.1, -0.05) is 43.3 Å². The van der Waals surface area contributed by atoms with Crippen molar-refractivity contribution in [3.05, 3.63) is 58.3 Å². The van der Waals surface area contributed by atoms with Crippen LogP contribution in [0.4, 0.5) is 0 Å². The van der Waals surface area contributed by atoms with Crippen LogP contribution >= 0.6 is 11.3 Å². The smallest absolute Gasteiger partial charge is 0.173 e. The van der Waals surface area contributed by atoms with E-state index in [0.29, 0.717) is 6.42 Å². The molecule has 1 atom stereocenters. The molecule has 0 radical (unpaired) electrons. The number of rotatable bonds is 7. The quantitative estimate of drug-likeness (QED) is 0.703. The molecule has 0 aliphatic heterocycles. The number of thiophene rings is 1. The van der Waals surface area contributed by atoms with Gasteiger partial charge in [-0.2, -0.15) is 0 Å². The summed E-state index contributed by atoms with van der Waals surface area (Å²) < 4.78 is 0. The Morgan fingerprint density at radius 1 is 1.10 bits per heavy atom. The summed E-state index contributed by atoms with van der Waals surface area (Å²) in [6.45, 7) is 1.99. The highest BCUT2D eigenvalue weighted by molar-refractivity contribution is 7.12. The lowest BCUT2D eigenvalue weighted by Gasteiger charge is -2.15. The number of hydrogen-bond donors (Lipinski definition) is 0. The standard InChI is InChI=1S/C17H18O2S/c1-2-7-15(18)14(13-8-4-3-5-9-13)12-16(19)17-10-6-11-20-17/h3-6,8-11,14H,2,7,12H2,1H3. The fourth-order valence-electron chi connectivity index (χ4n) is 2.25. The lowest BCUT2D eigenvalue weighted by atomic mass is 9.88. The number of carbonyl (C=O) groups is 2. The third kappa shape index (κ3) is 3.64. The Labute approximate surface area is 123 Å². The van der Waals surface area contributed by atoms with E-state index in [1.54, 1.807) is 0 Å². The first-order chi connectivity index (χ1) is 9.72. The van der Waals surface area contributed by atoms with Gasteiger partial charge in [0.2, 0.25) is 0 Å². The van der Waals surface area contributed by atoms with E-state index in [-0.39, 0.29) is 23.9 Å². The molecule has 20 heavy (non-hydrogen) atoms. The summed E-state index contributed by atoms with van der Waals surface area (Å²) in [6.07, 6.45) is 1.61. The third-order valence-corrected chi connectivity index (χ3v) is 4.18. The van der Waals surface area contributed by atoms with Crippen molar-refractivity contribution in [1.82, 2.24) is 0 Å². The van der Waals surface area contributed by atoms with E-state index in [4.69, 9.17) is 0 Å². The van der Waals surface area contributed by atoms with Gasteiger partial charge in [-0.25, -0.2) is 0 Å². The topological polar surface area (TPSA) is 34.1 Å². The van der Waals surface area contributed by atoms with Gasteiger partial charge in [-0.05, 0) is 23.4 Å². The fraction of sp³-hybridized carbons (Fsp3) is 0.294. The van der Waals surface area contributed by atoms with Crippen LogP contribution in [0.1, 0.15) is 47.3 Å². The van der Waals surface area contributed by atoms with Crippen LogP contribution in [0.2, 0.25) is 0 Å². The summed E-state index contributed by atoms with van der Waals surface area (Å²) in [7, 11) is 0. The van der Waals surface area contributed by atoms with Crippen molar-refractivity contribution >= 4 is 22.9 Å². The van der Waals surface area contributed by atoms with Crippen molar-refractivity contribution < 1.29 is 9.59 Å². The average Bonchev–Trinajstić information content (AvgIpc) is 3.00. The van der Waals surface area contributed by atoms with Gasteiger partial charge in [0.25, 0.3) is 0 Å². The van der Waals surface area contributed by atoms with E-state index in [2.05, 4.69) is 0 Å². The highest BCUT2D eigenvalue weighted by Gasteiger charge is 2.23. The molecule has 2 rings (SSSR count). The second-order valence-corrected chi connectivity index (χ2v) is 5.73. The van der Waals surface area contributed by atoms with E-state index in [9.17, 15) is 9.59 Å². The number of carbonyl (C=O) groups excluding carboxylic acids is 2. The minimum absolute atomic E-state index is 0.0540. The highest BCUT2D eigenvalue weighted by Crippen LogP contribution is 2.25. The van der Waals surface area contributed by atoms with E-state index in [0.717, 1.165) is 16.9 Å². The molecule has 0 aliphatic carbocycles. The molecule has 104 valence electrons. The van der Waals surface area contributed by atoms with Crippen molar-refractivity contribution in [2.45, 2.75) is 32.1 Å². The second-order valence-electron chi connectivity index (χ2n) is 4.78. The van der Waals surface area contributed by atoms with Gasteiger partial charge >= 0.3 is 0 Å². The van der Waals surface area contributed by atoms with Crippen LogP contribution in [0.3, 0.4) is 0 Å². The maximum Gasteiger partial charge on any atom is 0.173 e. The first-order valence-electron chi connectivity index (χ1n) is 6.86. The minimum Gasteiger partial charge on any atom is -0.299 e. The van der Waals surface area contributed by atoms with Crippen LogP contribution in [0.5, 0.6) is 0 Å². The molecular formula is C17H18O2S. The van der Waals surface area contributed by atoms with Gasteiger partial charge in [0.15, 0.2) is 5.78 Å². The molecule has 0 fully saturated rings. The monoisotopic (exact) mass is 286 g/mol. The zero-order valence-electron chi connectivity index (χ0n) is 11.5. The Hall–Kier alpha value is -1.74. The van der Waals surface area contributed by atoms with Crippen molar-refractivity contribution in [2.24, 2.45) is 0 Å². The van der Waals surface area contributed by atoms with Gasteiger partial charge in [0.1, 0.15) is 5.78 Å². The first kappa shape index (κ1) is 14.7. The molecule has 1 unspecified atom stereocenters. The molecule has 0 saturated heterocycles. The number of benzene rings is 1. The lowest BCUT2D eigenvalue weighted by molar-refractivity contribution is -0.120. The van der Waals surface area contributed by atoms with Crippen molar-refractivity contribution in [3.8, 4) is 0 Å². The predicted molar refractivity (Wildman–Crippen MR) is 82.4 cm³/mol. The van der Waals surface area contributed by atoms with E-state index < -0.39 is 0 Å². The Morgan fingerprint density at radius 3 is 2.45 bits per heavy atom. The molecule has 0 saturated carbocycles. The van der Waals surface area contributed by atoms with Gasteiger partial charge in [-0.15, -0.1) is 11.3 Å². The van der Waals surface area contributed by atoms with E-state index in [1.165, 1.54) is 11.3 Å². The minimum atomic E-state index is -0.314. The number of Topliss-reactive ketones (excluding diaryl/α,β-unsaturated/α-hetero) is 2. The molecule has 0 N–H and O–H groups in total. The normalized spacial score (nSPS) is 12.1.